The van der Waals surface area contributed by atoms with E-state index in [0.717, 1.165) is 113 Å². The van der Waals surface area contributed by atoms with Gasteiger partial charge in [0.1, 0.15) is 11.6 Å². The molecule has 1 saturated heterocycles. The van der Waals surface area contributed by atoms with E-state index >= 15 is 0 Å². The van der Waals surface area contributed by atoms with Gasteiger partial charge in [-0.3, -0.25) is 0 Å². The van der Waals surface area contributed by atoms with Crippen molar-refractivity contribution in [2.45, 2.75) is 118 Å². The van der Waals surface area contributed by atoms with Crippen LogP contribution in [0.15, 0.2) is 173 Å². The zero-order valence-electron chi connectivity index (χ0n) is 40.0. The molecule has 0 spiro atoms. The maximum absolute atomic E-state index is 5.66. The molecule has 8 aliphatic carbocycles. The highest BCUT2D eigenvalue weighted by atomic mass is 32.2. The molecule has 0 radical (unpaired) electrons. The van der Waals surface area contributed by atoms with Crippen molar-refractivity contribution in [3.05, 3.63) is 206 Å². The third kappa shape index (κ3) is 7.78. The van der Waals surface area contributed by atoms with E-state index in [1.807, 2.05) is 0 Å². The summed E-state index contributed by atoms with van der Waals surface area (Å²) >= 11 is 2.20. The lowest BCUT2D eigenvalue weighted by Crippen LogP contribution is -2.45. The van der Waals surface area contributed by atoms with Crippen molar-refractivity contribution < 1.29 is 0 Å². The summed E-state index contributed by atoms with van der Waals surface area (Å²) in [5, 5.41) is 7.88. The lowest BCUT2D eigenvalue weighted by Gasteiger charge is -2.39. The van der Waals surface area contributed by atoms with Gasteiger partial charge < -0.3 is 9.88 Å². The predicted octanol–water partition coefficient (Wildman–Crippen LogP) is 13.0. The molecule has 10 aliphatic rings. The van der Waals surface area contributed by atoms with Crippen LogP contribution in [0.1, 0.15) is 124 Å². The molecule has 69 heavy (non-hydrogen) atoms. The largest absolute Gasteiger partial charge is 0.316 e. The van der Waals surface area contributed by atoms with E-state index in [1.165, 1.54) is 66.5 Å². The highest BCUT2D eigenvalue weighted by Crippen LogP contribution is 2.60. The van der Waals surface area contributed by atoms with E-state index in [9.17, 15) is 0 Å². The normalized spacial score (nSPS) is 29.9. The van der Waals surface area contributed by atoms with Gasteiger partial charge in [-0.2, -0.15) is 0 Å². The first-order valence-corrected chi connectivity index (χ1v) is 27.2. The Hall–Kier alpha value is -5.82. The lowest BCUT2D eigenvalue weighted by molar-refractivity contribution is 0.400. The number of allylic oxidation sites excluding steroid dienone is 20. The van der Waals surface area contributed by atoms with E-state index in [-0.39, 0.29) is 17.4 Å². The number of nitrogens with zero attached hydrogens (tertiary/aromatic N) is 4. The van der Waals surface area contributed by atoms with Crippen LogP contribution in [0, 0.1) is 11.8 Å². The molecule has 5 nitrogen and oxygen atoms in total. The average molecular weight is 922 g/mol. The summed E-state index contributed by atoms with van der Waals surface area (Å²) in [6, 6.07) is 10.6. The Morgan fingerprint density at radius 3 is 2.46 bits per heavy atom. The SMILES string of the molecule is C[C@@]1(c2nc(-c3ccccc3)nc(C3C=C(C4=CC(C5=CC=CCC5)=C(C5=CCCC=C5)CC4)CNC3C3=CC=CC4SC5c6c(c7c(n6C6=CC=CCC6)=CCCC=7)C=CC5C34)n2)C=CCCC1. The molecule has 7 atom stereocenters. The maximum Gasteiger partial charge on any atom is 0.163 e. The van der Waals surface area contributed by atoms with E-state index < -0.39 is 0 Å². The van der Waals surface area contributed by atoms with Crippen molar-refractivity contribution in [3.8, 4) is 11.4 Å². The molecule has 6 heteroatoms. The summed E-state index contributed by atoms with van der Waals surface area (Å²) in [6.45, 7) is 3.14. The zero-order chi connectivity index (χ0) is 45.9. The van der Waals surface area contributed by atoms with Crippen molar-refractivity contribution in [2.75, 3.05) is 6.54 Å². The van der Waals surface area contributed by atoms with Gasteiger partial charge >= 0.3 is 0 Å². The number of nitrogens with one attached hydrogen (secondary N) is 1. The summed E-state index contributed by atoms with van der Waals surface area (Å²) < 4.78 is 2.70. The fourth-order valence-corrected chi connectivity index (χ4v) is 15.0. The van der Waals surface area contributed by atoms with Gasteiger partial charge in [-0.25, -0.2) is 15.0 Å². The summed E-state index contributed by atoms with van der Waals surface area (Å²) in [5.41, 5.74) is 15.3. The minimum atomic E-state index is -0.264. The number of rotatable bonds is 8. The highest BCUT2D eigenvalue weighted by Gasteiger charge is 2.51. The molecule has 4 heterocycles. The monoisotopic (exact) mass is 921 g/mol. The molecular formula is C63H63N5S. The van der Waals surface area contributed by atoms with Crippen LogP contribution in [0.2, 0.25) is 0 Å². The van der Waals surface area contributed by atoms with Crippen molar-refractivity contribution in [1.82, 2.24) is 24.8 Å². The zero-order valence-corrected chi connectivity index (χ0v) is 40.8. The maximum atomic E-state index is 5.66. The Balaban J connectivity index is 0.948. The first-order valence-electron chi connectivity index (χ1n) is 26.2. The molecule has 1 aromatic carbocycles. The molecule has 346 valence electrons. The summed E-state index contributed by atoms with van der Waals surface area (Å²) in [6.07, 6.45) is 62.7. The van der Waals surface area contributed by atoms with Crippen LogP contribution < -0.4 is 15.9 Å². The third-order valence-corrected chi connectivity index (χ3v) is 18.3. The van der Waals surface area contributed by atoms with Gasteiger partial charge in [0.2, 0.25) is 0 Å². The second-order valence-electron chi connectivity index (χ2n) is 20.9. The Kier molecular flexibility index (Phi) is 11.4. The molecule has 3 aromatic rings. The van der Waals surface area contributed by atoms with Gasteiger partial charge in [-0.05, 0) is 135 Å². The van der Waals surface area contributed by atoms with Crippen LogP contribution in [-0.2, 0) is 5.41 Å². The molecule has 0 saturated carbocycles. The minimum absolute atomic E-state index is 0.0141. The van der Waals surface area contributed by atoms with Gasteiger partial charge in [0.15, 0.2) is 5.82 Å². The number of hydrogen-bond donors (Lipinski definition) is 1. The third-order valence-electron chi connectivity index (χ3n) is 16.7. The average Bonchev–Trinajstić information content (AvgIpc) is 3.98. The fraction of sp³-hybridized carbons (Fsp3) is 0.349. The van der Waals surface area contributed by atoms with Gasteiger partial charge in [0.25, 0.3) is 0 Å². The standard InChI is InChI=1S/C63H63N5S/c1-63(36-17-6-18-37-63)62-66-60(43-24-11-4-12-25-43)65-61(67-62)53-39-45(44-32-33-47(41-20-7-2-8-21-41)52(38-44)42-22-9-3-10-23-42)40-64-57(53)50-29-19-31-55-56(50)51-35-34-49-48-28-15-16-30-54(48)68(58(49)59(51)69-55)46-26-13-5-14-27-46/h3-5,7,9,11-13,17,19-22,24-26,28-31,34-36,38-39,51,53,55-57,59,64H,2,6,8,10,14-16,18,23,27,32-33,37,40H2,1H3/t51?,53?,55?,56?,57?,59?,63-/m1/s1. The Bertz CT molecular complexity index is 3170. The Labute approximate surface area is 412 Å². The molecule has 13 rings (SSSR count). The van der Waals surface area contributed by atoms with Crippen molar-refractivity contribution in [3.63, 3.8) is 0 Å². The van der Waals surface area contributed by atoms with Gasteiger partial charge in [-0.15, -0.1) is 11.8 Å². The smallest absolute Gasteiger partial charge is 0.163 e. The molecule has 1 fully saturated rings. The Morgan fingerprint density at radius 2 is 1.64 bits per heavy atom. The van der Waals surface area contributed by atoms with Crippen molar-refractivity contribution in [2.24, 2.45) is 11.8 Å². The number of fused-ring (bicyclic) bond motifs is 7. The number of benzene rings is 1. The topological polar surface area (TPSA) is 55.6 Å². The summed E-state index contributed by atoms with van der Waals surface area (Å²) in [5.74, 6) is 3.13. The summed E-state index contributed by atoms with van der Waals surface area (Å²) in [4.78, 5) is 16.6. The van der Waals surface area contributed by atoms with E-state index in [0.29, 0.717) is 22.3 Å². The highest BCUT2D eigenvalue weighted by molar-refractivity contribution is 8.00. The van der Waals surface area contributed by atoms with E-state index in [4.69, 9.17) is 15.0 Å². The Morgan fingerprint density at radius 1 is 0.754 bits per heavy atom. The quantitative estimate of drug-likeness (QED) is 0.228. The van der Waals surface area contributed by atoms with Crippen LogP contribution >= 0.6 is 11.8 Å². The van der Waals surface area contributed by atoms with Gasteiger partial charge in [0.05, 0.1) is 11.2 Å². The lowest BCUT2D eigenvalue weighted by atomic mass is 9.70. The molecule has 0 amide bonds. The second-order valence-corrected chi connectivity index (χ2v) is 22.3. The van der Waals surface area contributed by atoms with Crippen LogP contribution in [-0.4, -0.2) is 37.4 Å². The second kappa shape index (κ2) is 18.2. The number of aromatic nitrogens is 4. The molecule has 6 unspecified atom stereocenters. The molecule has 2 aliphatic heterocycles. The predicted molar refractivity (Wildman–Crippen MR) is 287 cm³/mol. The van der Waals surface area contributed by atoms with Crippen molar-refractivity contribution in [1.29, 1.82) is 0 Å². The first-order chi connectivity index (χ1) is 34.1. The van der Waals surface area contributed by atoms with Crippen LogP contribution in [0.4, 0.5) is 0 Å². The number of thioether (sulfide) groups is 1. The first kappa shape index (κ1) is 43.2. The van der Waals surface area contributed by atoms with Crippen LogP contribution in [0.5, 0.6) is 0 Å². The van der Waals surface area contributed by atoms with Gasteiger partial charge in [0, 0.05) is 68.2 Å². The molecule has 1 N–H and O–H groups in total. The van der Waals surface area contributed by atoms with Crippen LogP contribution in [0.25, 0.3) is 35.3 Å². The molecular weight excluding hydrogens is 859 g/mol. The molecule has 0 bridgehead atoms. The molecule has 2 aromatic heterocycles. The minimum Gasteiger partial charge on any atom is -0.316 e. The number of hydrogen-bond acceptors (Lipinski definition) is 5. The van der Waals surface area contributed by atoms with Crippen molar-refractivity contribution >= 4 is 35.7 Å². The fourth-order valence-electron chi connectivity index (χ4n) is 13.2. The van der Waals surface area contributed by atoms with Crippen LogP contribution in [0.3, 0.4) is 0 Å². The summed E-state index contributed by atoms with van der Waals surface area (Å²) in [7, 11) is 0. The van der Waals surface area contributed by atoms with E-state index in [2.05, 4.69) is 180 Å². The van der Waals surface area contributed by atoms with E-state index in [1.54, 1.807) is 0 Å². The van der Waals surface area contributed by atoms with Gasteiger partial charge in [-0.1, -0.05) is 146 Å².